The average molecular weight is 322 g/mol. The molecule has 0 heterocycles. The SMILES string of the molecule is O=S(=O)(Oc1ccccc1)c1cccc2c1Cc1ccccc1-2. The lowest BCUT2D eigenvalue weighted by molar-refractivity contribution is 0.485. The van der Waals surface area contributed by atoms with Gasteiger partial charge in [0.2, 0.25) is 0 Å². The Hall–Kier alpha value is -2.59. The molecule has 0 unspecified atom stereocenters. The summed E-state index contributed by atoms with van der Waals surface area (Å²) in [5.41, 5.74) is 4.02. The first-order valence-electron chi connectivity index (χ1n) is 7.35. The van der Waals surface area contributed by atoms with Crippen LogP contribution in [0.5, 0.6) is 5.75 Å². The second-order valence-electron chi connectivity index (χ2n) is 5.47. The van der Waals surface area contributed by atoms with Crippen LogP contribution in [0, 0.1) is 0 Å². The molecule has 3 nitrogen and oxygen atoms in total. The number of hydrogen-bond donors (Lipinski definition) is 0. The van der Waals surface area contributed by atoms with Crippen molar-refractivity contribution in [1.29, 1.82) is 0 Å². The molecular weight excluding hydrogens is 308 g/mol. The van der Waals surface area contributed by atoms with Gasteiger partial charge in [0.25, 0.3) is 0 Å². The second-order valence-corrected chi connectivity index (χ2v) is 6.98. The van der Waals surface area contributed by atoms with Gasteiger partial charge in [-0.05, 0) is 40.5 Å². The van der Waals surface area contributed by atoms with Crippen LogP contribution in [0.4, 0.5) is 0 Å². The maximum absolute atomic E-state index is 12.7. The van der Waals surface area contributed by atoms with Crippen LogP contribution in [-0.2, 0) is 16.5 Å². The van der Waals surface area contributed by atoms with E-state index in [2.05, 4.69) is 0 Å². The predicted octanol–water partition coefficient (Wildman–Crippen LogP) is 4.03. The molecule has 0 spiro atoms. The van der Waals surface area contributed by atoms with Gasteiger partial charge in [0, 0.05) is 6.42 Å². The smallest absolute Gasteiger partial charge is 0.339 e. The molecule has 0 saturated heterocycles. The lowest BCUT2D eigenvalue weighted by Crippen LogP contribution is -2.12. The Kier molecular flexibility index (Phi) is 3.20. The van der Waals surface area contributed by atoms with Gasteiger partial charge in [-0.2, -0.15) is 8.42 Å². The topological polar surface area (TPSA) is 43.4 Å². The number of benzene rings is 3. The zero-order valence-electron chi connectivity index (χ0n) is 12.3. The van der Waals surface area contributed by atoms with Gasteiger partial charge in [0.15, 0.2) is 0 Å². The van der Waals surface area contributed by atoms with E-state index in [0.29, 0.717) is 12.2 Å². The third-order valence-electron chi connectivity index (χ3n) is 4.03. The Balaban J connectivity index is 1.80. The van der Waals surface area contributed by atoms with Gasteiger partial charge < -0.3 is 4.18 Å². The largest absolute Gasteiger partial charge is 0.379 e. The van der Waals surface area contributed by atoms with Crippen LogP contribution < -0.4 is 4.18 Å². The quantitative estimate of drug-likeness (QED) is 0.535. The first-order valence-corrected chi connectivity index (χ1v) is 8.76. The van der Waals surface area contributed by atoms with Crippen molar-refractivity contribution >= 4 is 10.1 Å². The minimum absolute atomic E-state index is 0.245. The molecule has 1 aliphatic rings. The summed E-state index contributed by atoms with van der Waals surface area (Å²) in [7, 11) is -3.86. The Morgan fingerprint density at radius 2 is 1.43 bits per heavy atom. The Morgan fingerprint density at radius 3 is 2.26 bits per heavy atom. The molecule has 4 heteroatoms. The third kappa shape index (κ3) is 2.41. The molecule has 0 bridgehead atoms. The van der Waals surface area contributed by atoms with Gasteiger partial charge >= 0.3 is 10.1 Å². The summed E-state index contributed by atoms with van der Waals surface area (Å²) < 4.78 is 30.7. The minimum Gasteiger partial charge on any atom is -0.379 e. The van der Waals surface area contributed by atoms with Gasteiger partial charge in [-0.25, -0.2) is 0 Å². The molecule has 3 aromatic carbocycles. The summed E-state index contributed by atoms with van der Waals surface area (Å²) in [6.45, 7) is 0. The van der Waals surface area contributed by atoms with Crippen LogP contribution in [0.2, 0.25) is 0 Å². The van der Waals surface area contributed by atoms with Crippen molar-refractivity contribution in [2.75, 3.05) is 0 Å². The Morgan fingerprint density at radius 1 is 0.739 bits per heavy atom. The first kappa shape index (κ1) is 14.0. The normalized spacial score (nSPS) is 12.5. The summed E-state index contributed by atoms with van der Waals surface area (Å²) in [6, 6.07) is 21.9. The monoisotopic (exact) mass is 322 g/mol. The van der Waals surface area contributed by atoms with Crippen molar-refractivity contribution < 1.29 is 12.6 Å². The Bertz CT molecular complexity index is 977. The van der Waals surface area contributed by atoms with Crippen LogP contribution in [0.25, 0.3) is 11.1 Å². The molecule has 4 rings (SSSR count). The van der Waals surface area contributed by atoms with Crippen LogP contribution in [0.15, 0.2) is 77.7 Å². The fraction of sp³-hybridized carbons (Fsp3) is 0.0526. The molecule has 114 valence electrons. The number of para-hydroxylation sites is 1. The summed E-state index contributed by atoms with van der Waals surface area (Å²) in [6.07, 6.45) is 0.610. The summed E-state index contributed by atoms with van der Waals surface area (Å²) in [4.78, 5) is 0.245. The second kappa shape index (κ2) is 5.25. The highest BCUT2D eigenvalue weighted by Gasteiger charge is 2.27. The van der Waals surface area contributed by atoms with Crippen LogP contribution >= 0.6 is 0 Å². The van der Waals surface area contributed by atoms with Crippen LogP contribution in [0.3, 0.4) is 0 Å². The predicted molar refractivity (Wildman–Crippen MR) is 88.9 cm³/mol. The van der Waals surface area contributed by atoms with Crippen molar-refractivity contribution in [1.82, 2.24) is 0 Å². The number of rotatable bonds is 3. The highest BCUT2D eigenvalue weighted by atomic mass is 32.2. The van der Waals surface area contributed by atoms with Crippen molar-refractivity contribution in [2.45, 2.75) is 11.3 Å². The van der Waals surface area contributed by atoms with E-state index < -0.39 is 10.1 Å². The van der Waals surface area contributed by atoms with E-state index in [4.69, 9.17) is 4.18 Å². The van der Waals surface area contributed by atoms with E-state index >= 15 is 0 Å². The zero-order chi connectivity index (χ0) is 15.9. The highest BCUT2D eigenvalue weighted by Crippen LogP contribution is 2.39. The van der Waals surface area contributed by atoms with Crippen molar-refractivity contribution in [3.63, 3.8) is 0 Å². The Labute approximate surface area is 135 Å². The zero-order valence-corrected chi connectivity index (χ0v) is 13.1. The van der Waals surface area contributed by atoms with Gasteiger partial charge in [-0.3, -0.25) is 0 Å². The highest BCUT2D eigenvalue weighted by molar-refractivity contribution is 7.87. The maximum Gasteiger partial charge on any atom is 0.339 e. The van der Waals surface area contributed by atoms with Crippen molar-refractivity contribution in [3.05, 3.63) is 83.9 Å². The van der Waals surface area contributed by atoms with Gasteiger partial charge in [-0.1, -0.05) is 54.6 Å². The van der Waals surface area contributed by atoms with E-state index in [1.807, 2.05) is 36.4 Å². The molecule has 0 aliphatic heterocycles. The van der Waals surface area contributed by atoms with Crippen molar-refractivity contribution in [3.8, 4) is 16.9 Å². The maximum atomic E-state index is 12.7. The first-order chi connectivity index (χ1) is 11.1. The summed E-state index contributed by atoms with van der Waals surface area (Å²) in [5, 5.41) is 0. The minimum atomic E-state index is -3.86. The molecule has 1 aliphatic carbocycles. The fourth-order valence-electron chi connectivity index (χ4n) is 3.01. The third-order valence-corrected chi connectivity index (χ3v) is 5.36. The molecule has 23 heavy (non-hydrogen) atoms. The number of hydrogen-bond acceptors (Lipinski definition) is 3. The molecule has 0 radical (unpaired) electrons. The lowest BCUT2D eigenvalue weighted by Gasteiger charge is -2.10. The molecule has 0 atom stereocenters. The molecule has 0 aromatic heterocycles. The summed E-state index contributed by atoms with van der Waals surface area (Å²) >= 11 is 0. The van der Waals surface area contributed by atoms with Gasteiger partial charge in [-0.15, -0.1) is 0 Å². The van der Waals surface area contributed by atoms with E-state index in [1.165, 1.54) is 0 Å². The molecule has 0 saturated carbocycles. The average Bonchev–Trinajstić information content (AvgIpc) is 2.94. The van der Waals surface area contributed by atoms with E-state index in [9.17, 15) is 8.42 Å². The molecule has 0 N–H and O–H groups in total. The van der Waals surface area contributed by atoms with E-state index in [1.54, 1.807) is 36.4 Å². The molecule has 0 amide bonds. The molecule has 0 fully saturated rings. The van der Waals surface area contributed by atoms with Crippen molar-refractivity contribution in [2.24, 2.45) is 0 Å². The molecular formula is C19H14O3S. The van der Waals surface area contributed by atoms with E-state index in [-0.39, 0.29) is 4.90 Å². The lowest BCUT2D eigenvalue weighted by atomic mass is 10.1. The van der Waals surface area contributed by atoms with Crippen LogP contribution in [-0.4, -0.2) is 8.42 Å². The van der Waals surface area contributed by atoms with Gasteiger partial charge in [0.1, 0.15) is 10.6 Å². The standard InChI is InChI=1S/C19H14O3S/c20-23(21,22-15-8-2-1-3-9-15)19-12-6-11-17-16-10-5-4-7-14(16)13-18(17)19/h1-12H,13H2. The van der Waals surface area contributed by atoms with E-state index in [0.717, 1.165) is 22.3 Å². The summed E-state index contributed by atoms with van der Waals surface area (Å²) in [5.74, 6) is 0.320. The fourth-order valence-corrected chi connectivity index (χ4v) is 4.19. The van der Waals surface area contributed by atoms with Gasteiger partial charge in [0.05, 0.1) is 0 Å². The number of fused-ring (bicyclic) bond motifs is 3. The molecule has 3 aromatic rings. The van der Waals surface area contributed by atoms with Crippen LogP contribution in [0.1, 0.15) is 11.1 Å².